The van der Waals surface area contributed by atoms with Gasteiger partial charge in [0, 0.05) is 6.54 Å². The van der Waals surface area contributed by atoms with E-state index < -0.39 is 10.0 Å². The number of hydrogen-bond acceptors (Lipinski definition) is 4. The highest BCUT2D eigenvalue weighted by Gasteiger charge is 2.37. The highest BCUT2D eigenvalue weighted by Crippen LogP contribution is 2.39. The molecule has 2 aromatic rings. The van der Waals surface area contributed by atoms with Gasteiger partial charge in [-0.3, -0.25) is 0 Å². The van der Waals surface area contributed by atoms with Gasteiger partial charge in [-0.05, 0) is 42.7 Å². The van der Waals surface area contributed by atoms with Gasteiger partial charge in [0.25, 0.3) is 0 Å². The molecule has 0 bridgehead atoms. The van der Waals surface area contributed by atoms with Crippen LogP contribution in [0.5, 0.6) is 11.5 Å². The highest BCUT2D eigenvalue weighted by atomic mass is 32.2. The summed E-state index contributed by atoms with van der Waals surface area (Å²) in [5, 5.41) is 0. The molecule has 1 aliphatic heterocycles. The molecule has 1 unspecified atom stereocenters. The van der Waals surface area contributed by atoms with E-state index in [2.05, 4.69) is 0 Å². The van der Waals surface area contributed by atoms with E-state index in [0.29, 0.717) is 12.3 Å². The number of methoxy groups -OCH3 is 2. The molecule has 0 amide bonds. The van der Waals surface area contributed by atoms with E-state index in [9.17, 15) is 8.42 Å². The number of nitrogens with zero attached hydrogens (tertiary/aromatic N) is 1. The highest BCUT2D eigenvalue weighted by molar-refractivity contribution is 7.89. The summed E-state index contributed by atoms with van der Waals surface area (Å²) in [4.78, 5) is 0.210. The quantitative estimate of drug-likeness (QED) is 0.833. The Morgan fingerprint density at radius 2 is 1.83 bits per heavy atom. The molecule has 1 heterocycles. The maximum atomic E-state index is 13.2. The third kappa shape index (κ3) is 2.99. The van der Waals surface area contributed by atoms with Crippen LogP contribution in [0.4, 0.5) is 0 Å². The molecule has 0 aromatic heterocycles. The molecule has 1 atom stereocenters. The first-order valence-electron chi connectivity index (χ1n) is 7.86. The van der Waals surface area contributed by atoms with Crippen LogP contribution in [0.3, 0.4) is 0 Å². The molecular formula is C18H21NO4S. The van der Waals surface area contributed by atoms with E-state index in [1.54, 1.807) is 35.7 Å². The van der Waals surface area contributed by atoms with Crippen LogP contribution in [0, 0.1) is 0 Å². The smallest absolute Gasteiger partial charge is 0.247 e. The third-order valence-corrected chi connectivity index (χ3v) is 6.29. The SMILES string of the molecule is COc1cccc(C2CCCN2S(=O)(=O)c2ccccc2OC)c1. The van der Waals surface area contributed by atoms with Crippen LogP contribution in [0.1, 0.15) is 24.4 Å². The average molecular weight is 347 g/mol. The predicted octanol–water partition coefficient (Wildman–Crippen LogP) is 3.23. The van der Waals surface area contributed by atoms with Crippen molar-refractivity contribution in [2.75, 3.05) is 20.8 Å². The second-order valence-electron chi connectivity index (χ2n) is 5.70. The van der Waals surface area contributed by atoms with E-state index >= 15 is 0 Å². The van der Waals surface area contributed by atoms with E-state index in [4.69, 9.17) is 9.47 Å². The molecule has 0 saturated carbocycles. The Kier molecular flexibility index (Phi) is 4.78. The van der Waals surface area contributed by atoms with Crippen LogP contribution in [0.25, 0.3) is 0 Å². The molecule has 5 nitrogen and oxygen atoms in total. The first kappa shape index (κ1) is 16.8. The topological polar surface area (TPSA) is 55.8 Å². The number of para-hydroxylation sites is 1. The van der Waals surface area contributed by atoms with Crippen molar-refractivity contribution in [3.63, 3.8) is 0 Å². The molecule has 1 aliphatic rings. The first-order valence-corrected chi connectivity index (χ1v) is 9.30. The molecular weight excluding hydrogens is 326 g/mol. The van der Waals surface area contributed by atoms with E-state index in [0.717, 1.165) is 24.2 Å². The minimum absolute atomic E-state index is 0.185. The van der Waals surface area contributed by atoms with Gasteiger partial charge in [0.15, 0.2) is 0 Å². The van der Waals surface area contributed by atoms with E-state index in [1.165, 1.54) is 7.11 Å². The second kappa shape index (κ2) is 6.83. The summed E-state index contributed by atoms with van der Waals surface area (Å²) in [5.41, 5.74) is 0.949. The summed E-state index contributed by atoms with van der Waals surface area (Å²) in [5.74, 6) is 1.10. The van der Waals surface area contributed by atoms with E-state index in [1.807, 2.05) is 24.3 Å². The minimum Gasteiger partial charge on any atom is -0.497 e. The van der Waals surface area contributed by atoms with Crippen molar-refractivity contribution in [1.29, 1.82) is 0 Å². The molecule has 3 rings (SSSR count). The van der Waals surface area contributed by atoms with Gasteiger partial charge in [0.1, 0.15) is 16.4 Å². The molecule has 0 aliphatic carbocycles. The van der Waals surface area contributed by atoms with Crippen molar-refractivity contribution in [1.82, 2.24) is 4.31 Å². The second-order valence-corrected chi connectivity index (χ2v) is 7.56. The zero-order valence-corrected chi connectivity index (χ0v) is 14.6. The normalized spacial score (nSPS) is 18.5. The van der Waals surface area contributed by atoms with Crippen molar-refractivity contribution >= 4 is 10.0 Å². The summed E-state index contributed by atoms with van der Waals surface area (Å²) in [6.07, 6.45) is 1.62. The first-order chi connectivity index (χ1) is 11.6. The van der Waals surface area contributed by atoms with Gasteiger partial charge in [-0.2, -0.15) is 4.31 Å². The van der Waals surface area contributed by atoms with Crippen LogP contribution < -0.4 is 9.47 Å². The lowest BCUT2D eigenvalue weighted by molar-refractivity contribution is 0.378. The number of rotatable bonds is 5. The Labute approximate surface area is 142 Å². The number of hydrogen-bond donors (Lipinski definition) is 0. The fraction of sp³-hybridized carbons (Fsp3) is 0.333. The average Bonchev–Trinajstić information content (AvgIpc) is 3.12. The lowest BCUT2D eigenvalue weighted by atomic mass is 10.1. The molecule has 24 heavy (non-hydrogen) atoms. The minimum atomic E-state index is -3.63. The maximum Gasteiger partial charge on any atom is 0.247 e. The van der Waals surface area contributed by atoms with Gasteiger partial charge >= 0.3 is 0 Å². The van der Waals surface area contributed by atoms with Gasteiger partial charge < -0.3 is 9.47 Å². The zero-order chi connectivity index (χ0) is 17.2. The van der Waals surface area contributed by atoms with Crippen LogP contribution in [-0.4, -0.2) is 33.5 Å². The number of benzene rings is 2. The summed E-state index contributed by atoms with van der Waals surface area (Å²) < 4.78 is 38.4. The molecule has 128 valence electrons. The van der Waals surface area contributed by atoms with Crippen molar-refractivity contribution in [2.45, 2.75) is 23.8 Å². The fourth-order valence-corrected chi connectivity index (χ4v) is 5.01. The van der Waals surface area contributed by atoms with Crippen LogP contribution >= 0.6 is 0 Å². The maximum absolute atomic E-state index is 13.2. The Hall–Kier alpha value is -2.05. The Balaban J connectivity index is 2.00. The van der Waals surface area contributed by atoms with Crippen molar-refractivity contribution in [3.05, 3.63) is 54.1 Å². The largest absolute Gasteiger partial charge is 0.497 e. The molecule has 6 heteroatoms. The lowest BCUT2D eigenvalue weighted by Gasteiger charge is -2.25. The zero-order valence-electron chi connectivity index (χ0n) is 13.8. The molecule has 0 radical (unpaired) electrons. The predicted molar refractivity (Wildman–Crippen MR) is 91.9 cm³/mol. The lowest BCUT2D eigenvalue weighted by Crippen LogP contribution is -2.31. The summed E-state index contributed by atoms with van der Waals surface area (Å²) in [7, 11) is -0.539. The third-order valence-electron chi connectivity index (χ3n) is 4.34. The molecule has 0 N–H and O–H groups in total. The molecule has 1 saturated heterocycles. The Morgan fingerprint density at radius 1 is 1.04 bits per heavy atom. The standard InChI is InChI=1S/C18H21NO4S/c1-22-15-8-5-7-14(13-15)16-9-6-12-19(16)24(20,21)18-11-4-3-10-17(18)23-2/h3-5,7-8,10-11,13,16H,6,9,12H2,1-2H3. The van der Waals surface area contributed by atoms with Crippen molar-refractivity contribution in [2.24, 2.45) is 0 Å². The fourth-order valence-electron chi connectivity index (χ4n) is 3.17. The summed E-state index contributed by atoms with van der Waals surface area (Å²) in [6, 6.07) is 14.2. The Bertz CT molecular complexity index is 819. The molecule has 2 aromatic carbocycles. The van der Waals surface area contributed by atoms with Gasteiger partial charge in [-0.25, -0.2) is 8.42 Å². The van der Waals surface area contributed by atoms with Crippen LogP contribution in [0.2, 0.25) is 0 Å². The monoisotopic (exact) mass is 347 g/mol. The van der Waals surface area contributed by atoms with E-state index in [-0.39, 0.29) is 10.9 Å². The molecule has 1 fully saturated rings. The van der Waals surface area contributed by atoms with Crippen LogP contribution in [0.15, 0.2) is 53.4 Å². The number of sulfonamides is 1. The summed E-state index contributed by atoms with van der Waals surface area (Å²) in [6.45, 7) is 0.502. The van der Waals surface area contributed by atoms with Gasteiger partial charge in [0.2, 0.25) is 10.0 Å². The van der Waals surface area contributed by atoms with Gasteiger partial charge in [-0.15, -0.1) is 0 Å². The Morgan fingerprint density at radius 3 is 2.58 bits per heavy atom. The van der Waals surface area contributed by atoms with Gasteiger partial charge in [0.05, 0.1) is 20.3 Å². The van der Waals surface area contributed by atoms with Gasteiger partial charge in [-0.1, -0.05) is 24.3 Å². The molecule has 0 spiro atoms. The number of ether oxygens (including phenoxy) is 2. The van der Waals surface area contributed by atoms with Crippen LogP contribution in [-0.2, 0) is 10.0 Å². The summed E-state index contributed by atoms with van der Waals surface area (Å²) >= 11 is 0. The van der Waals surface area contributed by atoms with Crippen molar-refractivity contribution < 1.29 is 17.9 Å². The van der Waals surface area contributed by atoms with Crippen molar-refractivity contribution in [3.8, 4) is 11.5 Å².